The number of likely N-dealkylation sites (N-methyl/N-ethyl adjacent to an activating group) is 1. The average Bonchev–Trinajstić information content (AvgIpc) is 3.18. The normalized spacial score (nSPS) is 16.3. The van der Waals surface area contributed by atoms with Gasteiger partial charge in [0.25, 0.3) is 0 Å². The quantitative estimate of drug-likeness (QED) is 0.572. The van der Waals surface area contributed by atoms with Gasteiger partial charge >= 0.3 is 0 Å². The molecule has 0 amide bonds. The van der Waals surface area contributed by atoms with Crippen LogP contribution < -0.4 is 25.0 Å². The SMILES string of the molecule is Cc1cc(Nc2cc(N3CCN(C)CC3)nc(Nc3ccc4c(c3)OCCO4)n2)n[nH]1. The second-order valence-corrected chi connectivity index (χ2v) is 7.77. The van der Waals surface area contributed by atoms with E-state index in [0.717, 1.165) is 54.9 Å². The molecule has 1 saturated heterocycles. The number of hydrogen-bond donors (Lipinski definition) is 3. The van der Waals surface area contributed by atoms with Crippen molar-refractivity contribution in [2.24, 2.45) is 0 Å². The van der Waals surface area contributed by atoms with E-state index in [4.69, 9.17) is 14.5 Å². The minimum Gasteiger partial charge on any atom is -0.486 e. The van der Waals surface area contributed by atoms with Crippen LogP contribution in [0, 0.1) is 6.92 Å². The zero-order valence-corrected chi connectivity index (χ0v) is 17.7. The van der Waals surface area contributed by atoms with E-state index in [0.29, 0.717) is 30.8 Å². The van der Waals surface area contributed by atoms with Crippen LogP contribution >= 0.6 is 0 Å². The molecule has 1 aromatic carbocycles. The van der Waals surface area contributed by atoms with Crippen molar-refractivity contribution < 1.29 is 9.47 Å². The maximum atomic E-state index is 5.69. The molecule has 1 fully saturated rings. The molecule has 3 aromatic rings. The molecule has 0 radical (unpaired) electrons. The molecular formula is C21H26N8O2. The number of aromatic nitrogens is 4. The number of H-pyrrole nitrogens is 1. The van der Waals surface area contributed by atoms with E-state index in [2.05, 4.69) is 42.7 Å². The van der Waals surface area contributed by atoms with E-state index in [9.17, 15) is 0 Å². The maximum absolute atomic E-state index is 5.69. The van der Waals surface area contributed by atoms with Crippen molar-refractivity contribution in [3.05, 3.63) is 36.0 Å². The summed E-state index contributed by atoms with van der Waals surface area (Å²) in [4.78, 5) is 14.0. The Kier molecular flexibility index (Phi) is 5.21. The number of ether oxygens (including phenoxy) is 2. The molecule has 2 aliphatic heterocycles. The van der Waals surface area contributed by atoms with Gasteiger partial charge < -0.3 is 29.9 Å². The molecule has 2 aromatic heterocycles. The lowest BCUT2D eigenvalue weighted by molar-refractivity contribution is 0.171. The molecule has 0 bridgehead atoms. The molecule has 2 aliphatic rings. The molecule has 0 aliphatic carbocycles. The maximum Gasteiger partial charge on any atom is 0.231 e. The predicted molar refractivity (Wildman–Crippen MR) is 119 cm³/mol. The van der Waals surface area contributed by atoms with E-state index < -0.39 is 0 Å². The minimum absolute atomic E-state index is 0.503. The predicted octanol–water partition coefficient (Wildman–Crippen LogP) is 2.52. The Hall–Kier alpha value is -3.53. The van der Waals surface area contributed by atoms with Gasteiger partial charge in [0.15, 0.2) is 17.3 Å². The summed E-state index contributed by atoms with van der Waals surface area (Å²) in [6.45, 7) is 6.89. The van der Waals surface area contributed by atoms with E-state index in [1.807, 2.05) is 37.3 Å². The molecule has 5 rings (SSSR count). The molecular weight excluding hydrogens is 396 g/mol. The van der Waals surface area contributed by atoms with Gasteiger partial charge in [0.2, 0.25) is 5.95 Å². The van der Waals surface area contributed by atoms with E-state index >= 15 is 0 Å². The number of fused-ring (bicyclic) bond motifs is 1. The fourth-order valence-corrected chi connectivity index (χ4v) is 3.62. The highest BCUT2D eigenvalue weighted by Gasteiger charge is 2.18. The van der Waals surface area contributed by atoms with Crippen LogP contribution in [0.1, 0.15) is 5.69 Å². The molecule has 0 atom stereocenters. The van der Waals surface area contributed by atoms with E-state index in [1.54, 1.807) is 0 Å². The van der Waals surface area contributed by atoms with Crippen molar-refractivity contribution in [2.75, 3.05) is 62.0 Å². The van der Waals surface area contributed by atoms with Crippen LogP contribution in [0.5, 0.6) is 11.5 Å². The first-order valence-corrected chi connectivity index (χ1v) is 10.4. The number of benzene rings is 1. The first kappa shape index (κ1) is 19.4. The summed E-state index contributed by atoms with van der Waals surface area (Å²) in [7, 11) is 2.14. The molecule has 10 heteroatoms. The first-order chi connectivity index (χ1) is 15.1. The standard InChI is InChI=1S/C21H26N8O2/c1-14-11-19(27-26-14)23-18-13-20(29-7-5-28(2)6-8-29)25-21(24-18)22-15-3-4-16-17(12-15)31-10-9-30-16/h3-4,11-13H,5-10H2,1-2H3,(H3,22,23,24,25,26,27). The van der Waals surface area contributed by atoms with Crippen LogP contribution in [-0.4, -0.2) is 71.5 Å². The van der Waals surface area contributed by atoms with Crippen molar-refractivity contribution in [1.29, 1.82) is 0 Å². The fourth-order valence-electron chi connectivity index (χ4n) is 3.62. The third-order valence-corrected chi connectivity index (χ3v) is 5.30. The first-order valence-electron chi connectivity index (χ1n) is 10.4. The van der Waals surface area contributed by atoms with Gasteiger partial charge in [-0.2, -0.15) is 15.1 Å². The molecule has 10 nitrogen and oxygen atoms in total. The molecule has 3 N–H and O–H groups in total. The van der Waals surface area contributed by atoms with Gasteiger partial charge in [-0.25, -0.2) is 0 Å². The number of hydrogen-bond acceptors (Lipinski definition) is 9. The number of piperazine rings is 1. The fraction of sp³-hybridized carbons (Fsp3) is 0.381. The monoisotopic (exact) mass is 422 g/mol. The van der Waals surface area contributed by atoms with Gasteiger partial charge in [0.05, 0.1) is 0 Å². The van der Waals surface area contributed by atoms with Gasteiger partial charge in [0, 0.05) is 55.8 Å². The Morgan fingerprint density at radius 3 is 2.48 bits per heavy atom. The van der Waals surface area contributed by atoms with Crippen LogP contribution in [0.15, 0.2) is 30.3 Å². The zero-order chi connectivity index (χ0) is 21.2. The highest BCUT2D eigenvalue weighted by atomic mass is 16.6. The number of anilines is 5. The Morgan fingerprint density at radius 1 is 0.903 bits per heavy atom. The summed E-state index contributed by atoms with van der Waals surface area (Å²) in [6.07, 6.45) is 0. The van der Waals surface area contributed by atoms with Gasteiger partial charge in [-0.05, 0) is 26.1 Å². The second kappa shape index (κ2) is 8.31. The third-order valence-electron chi connectivity index (χ3n) is 5.30. The van der Waals surface area contributed by atoms with Gasteiger partial charge in [-0.15, -0.1) is 0 Å². The molecule has 0 unspecified atom stereocenters. The van der Waals surface area contributed by atoms with Crippen molar-refractivity contribution in [3.8, 4) is 11.5 Å². The van der Waals surface area contributed by atoms with Crippen molar-refractivity contribution in [1.82, 2.24) is 25.1 Å². The Labute approximate surface area is 180 Å². The van der Waals surface area contributed by atoms with Crippen molar-refractivity contribution in [2.45, 2.75) is 6.92 Å². The lowest BCUT2D eigenvalue weighted by atomic mass is 10.2. The van der Waals surface area contributed by atoms with Crippen LogP contribution in [0.3, 0.4) is 0 Å². The van der Waals surface area contributed by atoms with Gasteiger partial charge in [0.1, 0.15) is 24.8 Å². The van der Waals surface area contributed by atoms with Crippen molar-refractivity contribution in [3.63, 3.8) is 0 Å². The average molecular weight is 422 g/mol. The molecule has 31 heavy (non-hydrogen) atoms. The Balaban J connectivity index is 1.43. The van der Waals surface area contributed by atoms with Crippen LogP contribution in [0.25, 0.3) is 0 Å². The number of aryl methyl sites for hydroxylation is 1. The highest BCUT2D eigenvalue weighted by molar-refractivity contribution is 5.64. The number of rotatable bonds is 5. The lowest BCUT2D eigenvalue weighted by Crippen LogP contribution is -2.44. The molecule has 0 saturated carbocycles. The summed E-state index contributed by atoms with van der Waals surface area (Å²) in [5.74, 6) is 4.24. The summed E-state index contributed by atoms with van der Waals surface area (Å²) in [6, 6.07) is 9.64. The lowest BCUT2D eigenvalue weighted by Gasteiger charge is -2.33. The summed E-state index contributed by atoms with van der Waals surface area (Å²) >= 11 is 0. The van der Waals surface area contributed by atoms with E-state index in [1.165, 1.54) is 0 Å². The number of aromatic amines is 1. The zero-order valence-electron chi connectivity index (χ0n) is 17.7. The molecule has 0 spiro atoms. The van der Waals surface area contributed by atoms with Gasteiger partial charge in [-0.1, -0.05) is 0 Å². The van der Waals surface area contributed by atoms with Gasteiger partial charge in [-0.3, -0.25) is 5.10 Å². The number of nitrogens with one attached hydrogen (secondary N) is 3. The summed E-state index contributed by atoms with van der Waals surface area (Å²) in [5.41, 5.74) is 1.81. The van der Waals surface area contributed by atoms with Crippen LogP contribution in [-0.2, 0) is 0 Å². The summed E-state index contributed by atoms with van der Waals surface area (Å²) < 4.78 is 11.3. The molecule has 4 heterocycles. The highest BCUT2D eigenvalue weighted by Crippen LogP contribution is 2.33. The van der Waals surface area contributed by atoms with Crippen molar-refractivity contribution >= 4 is 29.1 Å². The minimum atomic E-state index is 0.503. The molecule has 162 valence electrons. The van der Waals surface area contributed by atoms with Crippen LogP contribution in [0.4, 0.5) is 29.1 Å². The Bertz CT molecular complexity index is 1060. The summed E-state index contributed by atoms with van der Waals surface area (Å²) in [5, 5.41) is 13.8. The third kappa shape index (κ3) is 4.48. The second-order valence-electron chi connectivity index (χ2n) is 7.77. The van der Waals surface area contributed by atoms with E-state index in [-0.39, 0.29) is 0 Å². The Morgan fingerprint density at radius 2 is 1.71 bits per heavy atom. The number of nitrogens with zero attached hydrogens (tertiary/aromatic N) is 5. The topological polar surface area (TPSA) is 103 Å². The smallest absolute Gasteiger partial charge is 0.231 e. The largest absolute Gasteiger partial charge is 0.486 e. The van der Waals surface area contributed by atoms with Crippen LogP contribution in [0.2, 0.25) is 0 Å².